The van der Waals surface area contributed by atoms with Gasteiger partial charge in [-0.3, -0.25) is 9.78 Å². The third-order valence-electron chi connectivity index (χ3n) is 3.68. The monoisotopic (exact) mass is 315 g/mol. The third-order valence-corrected chi connectivity index (χ3v) is 3.68. The maximum atomic E-state index is 12.5. The molecular weight excluding hydrogens is 294 g/mol. The van der Waals surface area contributed by atoms with Gasteiger partial charge < -0.3 is 19.5 Å². The summed E-state index contributed by atoms with van der Waals surface area (Å²) in [6, 6.07) is 5.35. The van der Waals surface area contributed by atoms with E-state index in [9.17, 15) is 4.79 Å². The van der Waals surface area contributed by atoms with Crippen LogP contribution in [-0.4, -0.2) is 64.5 Å². The zero-order valence-electron chi connectivity index (χ0n) is 13.4. The quantitative estimate of drug-likeness (QED) is 0.914. The predicted octanol–water partition coefficient (Wildman–Crippen LogP) is 1.08. The molecule has 0 saturated carbocycles. The molecule has 0 unspecified atom stereocenters. The number of pyridine rings is 1. The van der Waals surface area contributed by atoms with Crippen LogP contribution in [0.2, 0.25) is 0 Å². The summed E-state index contributed by atoms with van der Waals surface area (Å²) < 4.78 is 5.78. The Morgan fingerprint density at radius 1 is 1.43 bits per heavy atom. The third kappa shape index (κ3) is 3.75. The van der Waals surface area contributed by atoms with E-state index in [1.165, 1.54) is 0 Å². The molecule has 0 radical (unpaired) electrons. The number of hydrogen-bond acceptors (Lipinski definition) is 5. The van der Waals surface area contributed by atoms with Crippen molar-refractivity contribution in [2.75, 3.05) is 33.8 Å². The second-order valence-corrected chi connectivity index (χ2v) is 5.86. The maximum Gasteiger partial charge on any atom is 0.272 e. The van der Waals surface area contributed by atoms with Crippen LogP contribution in [0.5, 0.6) is 0 Å². The van der Waals surface area contributed by atoms with Crippen molar-refractivity contribution in [3.05, 3.63) is 47.8 Å². The van der Waals surface area contributed by atoms with Gasteiger partial charge in [0.2, 0.25) is 0 Å². The van der Waals surface area contributed by atoms with Crippen LogP contribution in [-0.2, 0) is 11.3 Å². The molecule has 2 aromatic heterocycles. The number of morpholine rings is 1. The van der Waals surface area contributed by atoms with Crippen LogP contribution in [0.4, 0.5) is 0 Å². The second kappa shape index (κ2) is 6.89. The molecular formula is C16H21N5O2. The van der Waals surface area contributed by atoms with Crippen molar-refractivity contribution < 1.29 is 9.53 Å². The minimum atomic E-state index is -0.229. The average Bonchev–Trinajstić information content (AvgIpc) is 3.03. The second-order valence-electron chi connectivity index (χ2n) is 5.86. The standard InChI is InChI=1S/C16H21N5O2/c1-20(2)10-12-9-18-15(19-12)14-11-21(7-8-23-14)16(22)13-5-3-4-6-17-13/h3-6,9,14H,7-8,10-11H2,1-2H3,(H,18,19)/t14-/m1/s1. The molecule has 1 amide bonds. The molecule has 0 aromatic carbocycles. The highest BCUT2D eigenvalue weighted by Gasteiger charge is 2.28. The van der Waals surface area contributed by atoms with Crippen LogP contribution in [0.15, 0.2) is 30.6 Å². The van der Waals surface area contributed by atoms with E-state index in [0.717, 1.165) is 18.1 Å². The van der Waals surface area contributed by atoms with Gasteiger partial charge in [0.25, 0.3) is 5.91 Å². The lowest BCUT2D eigenvalue weighted by atomic mass is 10.2. The first kappa shape index (κ1) is 15.6. The summed E-state index contributed by atoms with van der Waals surface area (Å²) in [6.07, 6.45) is 3.22. The minimum Gasteiger partial charge on any atom is -0.367 e. The van der Waals surface area contributed by atoms with Crippen molar-refractivity contribution in [3.63, 3.8) is 0 Å². The van der Waals surface area contributed by atoms with Gasteiger partial charge in [0.15, 0.2) is 0 Å². The molecule has 0 spiro atoms. The number of amides is 1. The van der Waals surface area contributed by atoms with Gasteiger partial charge in [-0.1, -0.05) is 6.07 Å². The van der Waals surface area contributed by atoms with E-state index >= 15 is 0 Å². The number of nitrogens with one attached hydrogen (secondary N) is 1. The number of ether oxygens (including phenoxy) is 1. The van der Waals surface area contributed by atoms with Crippen molar-refractivity contribution in [3.8, 4) is 0 Å². The summed E-state index contributed by atoms with van der Waals surface area (Å²) in [4.78, 5) is 28.1. The zero-order chi connectivity index (χ0) is 16.2. The first-order chi connectivity index (χ1) is 11.1. The van der Waals surface area contributed by atoms with E-state index in [1.54, 1.807) is 23.2 Å². The number of aromatic nitrogens is 3. The molecule has 0 aliphatic carbocycles. The first-order valence-corrected chi connectivity index (χ1v) is 7.64. The molecule has 7 nitrogen and oxygen atoms in total. The van der Waals surface area contributed by atoms with E-state index in [2.05, 4.69) is 19.9 Å². The van der Waals surface area contributed by atoms with E-state index in [4.69, 9.17) is 4.74 Å². The molecule has 1 fully saturated rings. The average molecular weight is 315 g/mol. The summed E-state index contributed by atoms with van der Waals surface area (Å²) in [5, 5.41) is 0. The number of carbonyl (C=O) groups excluding carboxylic acids is 1. The summed E-state index contributed by atoms with van der Waals surface area (Å²) in [7, 11) is 4.01. The normalized spacial score (nSPS) is 18.4. The fourth-order valence-corrected chi connectivity index (χ4v) is 2.61. The van der Waals surface area contributed by atoms with Crippen molar-refractivity contribution >= 4 is 5.91 Å². The van der Waals surface area contributed by atoms with Gasteiger partial charge in [-0.15, -0.1) is 0 Å². The van der Waals surface area contributed by atoms with Gasteiger partial charge in [-0.25, -0.2) is 4.98 Å². The van der Waals surface area contributed by atoms with Crippen molar-refractivity contribution in [2.24, 2.45) is 0 Å². The van der Waals surface area contributed by atoms with Crippen LogP contribution in [0, 0.1) is 0 Å². The SMILES string of the molecule is CN(C)Cc1cnc([C@H]2CN(C(=O)c3ccccn3)CCO2)[nH]1. The molecule has 1 aliphatic heterocycles. The Bertz CT molecular complexity index is 656. The van der Waals surface area contributed by atoms with Crippen LogP contribution < -0.4 is 0 Å². The molecule has 7 heteroatoms. The molecule has 0 bridgehead atoms. The minimum absolute atomic E-state index is 0.0704. The van der Waals surface area contributed by atoms with Crippen molar-refractivity contribution in [1.82, 2.24) is 24.8 Å². The van der Waals surface area contributed by atoms with E-state index in [-0.39, 0.29) is 12.0 Å². The van der Waals surface area contributed by atoms with E-state index < -0.39 is 0 Å². The van der Waals surface area contributed by atoms with Gasteiger partial charge in [0, 0.05) is 31.2 Å². The number of rotatable bonds is 4. The number of imidazole rings is 1. The Hall–Kier alpha value is -2.25. The highest BCUT2D eigenvalue weighted by atomic mass is 16.5. The van der Waals surface area contributed by atoms with Crippen LogP contribution >= 0.6 is 0 Å². The first-order valence-electron chi connectivity index (χ1n) is 7.64. The van der Waals surface area contributed by atoms with E-state index in [1.807, 2.05) is 26.4 Å². The zero-order valence-corrected chi connectivity index (χ0v) is 13.4. The van der Waals surface area contributed by atoms with Gasteiger partial charge in [0.1, 0.15) is 17.6 Å². The lowest BCUT2D eigenvalue weighted by Crippen LogP contribution is -2.42. The molecule has 3 rings (SSSR count). The molecule has 3 heterocycles. The highest BCUT2D eigenvalue weighted by molar-refractivity contribution is 5.92. The number of nitrogens with zero attached hydrogens (tertiary/aromatic N) is 4. The molecule has 122 valence electrons. The van der Waals surface area contributed by atoms with Gasteiger partial charge in [-0.2, -0.15) is 0 Å². The summed E-state index contributed by atoms with van der Waals surface area (Å²) in [5.41, 5.74) is 1.49. The number of aromatic amines is 1. The Balaban J connectivity index is 1.68. The van der Waals surface area contributed by atoms with Gasteiger partial charge in [-0.05, 0) is 26.2 Å². The maximum absolute atomic E-state index is 12.5. The van der Waals surface area contributed by atoms with Crippen LogP contribution in [0.1, 0.15) is 28.1 Å². The molecule has 23 heavy (non-hydrogen) atoms. The Morgan fingerprint density at radius 2 is 2.30 bits per heavy atom. The smallest absolute Gasteiger partial charge is 0.272 e. The van der Waals surface area contributed by atoms with Gasteiger partial charge in [0.05, 0.1) is 13.2 Å². The van der Waals surface area contributed by atoms with E-state index in [0.29, 0.717) is 25.4 Å². The fourth-order valence-electron chi connectivity index (χ4n) is 2.61. The summed E-state index contributed by atoms with van der Waals surface area (Å²) in [6.45, 7) is 2.32. The lowest BCUT2D eigenvalue weighted by Gasteiger charge is -2.31. The molecule has 1 N–H and O–H groups in total. The largest absolute Gasteiger partial charge is 0.367 e. The van der Waals surface area contributed by atoms with Crippen molar-refractivity contribution in [1.29, 1.82) is 0 Å². The topological polar surface area (TPSA) is 74.3 Å². The Morgan fingerprint density at radius 3 is 3.04 bits per heavy atom. The molecule has 1 atom stereocenters. The molecule has 1 saturated heterocycles. The molecule has 1 aliphatic rings. The van der Waals surface area contributed by atoms with Crippen molar-refractivity contribution in [2.45, 2.75) is 12.6 Å². The number of carbonyl (C=O) groups is 1. The van der Waals surface area contributed by atoms with Crippen LogP contribution in [0.25, 0.3) is 0 Å². The Kier molecular flexibility index (Phi) is 4.68. The number of hydrogen-bond donors (Lipinski definition) is 1. The number of H-pyrrole nitrogens is 1. The predicted molar refractivity (Wildman–Crippen MR) is 84.8 cm³/mol. The Labute approximate surface area is 135 Å². The molecule has 2 aromatic rings. The lowest BCUT2D eigenvalue weighted by molar-refractivity contribution is -0.0266. The van der Waals surface area contributed by atoms with Crippen LogP contribution in [0.3, 0.4) is 0 Å². The van der Waals surface area contributed by atoms with Gasteiger partial charge >= 0.3 is 0 Å². The summed E-state index contributed by atoms with van der Waals surface area (Å²) >= 11 is 0. The summed E-state index contributed by atoms with van der Waals surface area (Å²) in [5.74, 6) is 0.694. The highest BCUT2D eigenvalue weighted by Crippen LogP contribution is 2.21. The fraction of sp³-hybridized carbons (Fsp3) is 0.438.